The Morgan fingerprint density at radius 2 is 1.92 bits per heavy atom. The molecule has 7 heteroatoms. The number of imidazole rings is 1. The molecule has 0 spiro atoms. The number of aromatic nitrogens is 2. The van der Waals surface area contributed by atoms with Gasteiger partial charge < -0.3 is 18.8 Å². The third-order valence-electron chi connectivity index (χ3n) is 3.53. The Kier molecular flexibility index (Phi) is 7.63. The SMILES string of the molecule is CCOC(=O)c1cn(COCC[Si](C)(C)C)c(C(C)(C)OCC)n1. The minimum Gasteiger partial charge on any atom is -0.461 e. The molecule has 0 atom stereocenters. The molecular weight excluding hydrogens is 324 g/mol. The fourth-order valence-electron chi connectivity index (χ4n) is 2.26. The molecule has 0 amide bonds. The molecule has 24 heavy (non-hydrogen) atoms. The molecule has 0 aliphatic rings. The molecule has 1 aromatic rings. The first-order valence-corrected chi connectivity index (χ1v) is 12.3. The van der Waals surface area contributed by atoms with E-state index in [2.05, 4.69) is 24.6 Å². The molecule has 0 unspecified atom stereocenters. The van der Waals surface area contributed by atoms with Crippen molar-refractivity contribution in [1.82, 2.24) is 9.55 Å². The van der Waals surface area contributed by atoms with Gasteiger partial charge in [-0.2, -0.15) is 0 Å². The van der Waals surface area contributed by atoms with Gasteiger partial charge in [-0.1, -0.05) is 19.6 Å². The van der Waals surface area contributed by atoms with Gasteiger partial charge in [0.05, 0.1) is 6.61 Å². The van der Waals surface area contributed by atoms with Crippen LogP contribution in [0.4, 0.5) is 0 Å². The summed E-state index contributed by atoms with van der Waals surface area (Å²) >= 11 is 0. The van der Waals surface area contributed by atoms with Gasteiger partial charge in [0.25, 0.3) is 0 Å². The second-order valence-electron chi connectivity index (χ2n) is 7.43. The Hall–Kier alpha value is -1.18. The third kappa shape index (κ3) is 6.37. The molecule has 1 rings (SSSR count). The Bertz CT molecular complexity index is 535. The summed E-state index contributed by atoms with van der Waals surface area (Å²) in [6.07, 6.45) is 1.68. The predicted octanol–water partition coefficient (Wildman–Crippen LogP) is 3.64. The highest BCUT2D eigenvalue weighted by Crippen LogP contribution is 2.24. The van der Waals surface area contributed by atoms with E-state index >= 15 is 0 Å². The first kappa shape index (κ1) is 20.9. The van der Waals surface area contributed by atoms with Crippen LogP contribution in [-0.2, 0) is 26.5 Å². The lowest BCUT2D eigenvalue weighted by Gasteiger charge is -2.25. The quantitative estimate of drug-likeness (QED) is 0.364. The van der Waals surface area contributed by atoms with E-state index < -0.39 is 19.6 Å². The van der Waals surface area contributed by atoms with Crippen molar-refractivity contribution in [2.75, 3.05) is 19.8 Å². The smallest absolute Gasteiger partial charge is 0.358 e. The summed E-state index contributed by atoms with van der Waals surface area (Å²) in [7, 11) is -1.13. The number of nitrogens with zero attached hydrogens (tertiary/aromatic N) is 2. The standard InChI is InChI=1S/C17H32N2O4Si/c1-8-22-15(20)14-12-19(13-21-10-11-24(5,6)7)16(18-14)17(3,4)23-9-2/h12H,8-11,13H2,1-7H3. The summed E-state index contributed by atoms with van der Waals surface area (Å²) in [5.41, 5.74) is -0.324. The number of hydrogen-bond acceptors (Lipinski definition) is 5. The summed E-state index contributed by atoms with van der Waals surface area (Å²) in [5.74, 6) is 0.243. The van der Waals surface area contributed by atoms with Crippen LogP contribution in [0.25, 0.3) is 0 Å². The molecule has 0 aromatic carbocycles. The van der Waals surface area contributed by atoms with Crippen LogP contribution < -0.4 is 0 Å². The highest BCUT2D eigenvalue weighted by Gasteiger charge is 2.29. The molecular formula is C17H32N2O4Si. The highest BCUT2D eigenvalue weighted by atomic mass is 28.3. The van der Waals surface area contributed by atoms with Gasteiger partial charge in [0, 0.05) is 27.5 Å². The van der Waals surface area contributed by atoms with Crippen LogP contribution in [0.5, 0.6) is 0 Å². The number of carbonyl (C=O) groups is 1. The van der Waals surface area contributed by atoms with Crippen LogP contribution in [0.1, 0.15) is 44.0 Å². The number of carbonyl (C=O) groups excluding carboxylic acids is 1. The molecule has 1 aromatic heterocycles. The summed E-state index contributed by atoms with van der Waals surface area (Å²) in [6, 6.07) is 1.09. The van der Waals surface area contributed by atoms with E-state index in [1.165, 1.54) is 0 Å². The van der Waals surface area contributed by atoms with E-state index in [-0.39, 0.29) is 5.69 Å². The molecule has 0 bridgehead atoms. The van der Waals surface area contributed by atoms with Gasteiger partial charge in [-0.25, -0.2) is 9.78 Å². The minimum absolute atomic E-state index is 0.286. The fourth-order valence-corrected chi connectivity index (χ4v) is 3.02. The van der Waals surface area contributed by atoms with Crippen LogP contribution in [0, 0.1) is 0 Å². The van der Waals surface area contributed by atoms with E-state index in [1.54, 1.807) is 13.1 Å². The molecule has 0 radical (unpaired) electrons. The summed E-state index contributed by atoms with van der Waals surface area (Å²) in [5, 5.41) is 0. The molecule has 6 nitrogen and oxygen atoms in total. The Balaban J connectivity index is 2.92. The molecule has 0 saturated heterocycles. The van der Waals surface area contributed by atoms with Gasteiger partial charge in [0.2, 0.25) is 0 Å². The number of hydrogen-bond donors (Lipinski definition) is 0. The maximum atomic E-state index is 12.0. The van der Waals surface area contributed by atoms with Crippen LogP contribution in [-0.4, -0.2) is 43.4 Å². The van der Waals surface area contributed by atoms with E-state index in [1.807, 2.05) is 25.3 Å². The second kappa shape index (κ2) is 8.78. The third-order valence-corrected chi connectivity index (χ3v) is 5.24. The minimum atomic E-state index is -1.13. The highest BCUT2D eigenvalue weighted by molar-refractivity contribution is 6.76. The van der Waals surface area contributed by atoms with Crippen LogP contribution >= 0.6 is 0 Å². The van der Waals surface area contributed by atoms with Gasteiger partial charge in [-0.3, -0.25) is 0 Å². The average molecular weight is 357 g/mol. The molecule has 0 N–H and O–H groups in total. The lowest BCUT2D eigenvalue weighted by molar-refractivity contribution is -0.0289. The monoisotopic (exact) mass is 356 g/mol. The molecule has 0 fully saturated rings. The number of esters is 1. The normalized spacial score (nSPS) is 12.5. The first-order valence-electron chi connectivity index (χ1n) is 8.57. The molecule has 0 aliphatic carbocycles. The van der Waals surface area contributed by atoms with E-state index in [4.69, 9.17) is 14.2 Å². The fraction of sp³-hybridized carbons (Fsp3) is 0.765. The van der Waals surface area contributed by atoms with Crippen molar-refractivity contribution >= 4 is 14.0 Å². The summed E-state index contributed by atoms with van der Waals surface area (Å²) in [6.45, 7) is 16.5. The van der Waals surface area contributed by atoms with Gasteiger partial charge in [-0.15, -0.1) is 0 Å². The van der Waals surface area contributed by atoms with Gasteiger partial charge >= 0.3 is 5.97 Å². The first-order chi connectivity index (χ1) is 11.1. The van der Waals surface area contributed by atoms with Crippen molar-refractivity contribution in [3.8, 4) is 0 Å². The number of rotatable bonds is 10. The van der Waals surface area contributed by atoms with Gasteiger partial charge in [0.1, 0.15) is 18.2 Å². The topological polar surface area (TPSA) is 62.6 Å². The zero-order chi connectivity index (χ0) is 18.4. The van der Waals surface area contributed by atoms with Gasteiger partial charge in [0.15, 0.2) is 5.69 Å². The van der Waals surface area contributed by atoms with Crippen molar-refractivity contribution in [2.45, 2.75) is 65.7 Å². The maximum Gasteiger partial charge on any atom is 0.358 e. The zero-order valence-electron chi connectivity index (χ0n) is 16.1. The Labute approximate surface area is 146 Å². The molecule has 0 saturated carbocycles. The summed E-state index contributed by atoms with van der Waals surface area (Å²) in [4.78, 5) is 16.4. The van der Waals surface area contributed by atoms with Gasteiger partial charge in [-0.05, 0) is 33.7 Å². The van der Waals surface area contributed by atoms with E-state index in [9.17, 15) is 4.79 Å². The Morgan fingerprint density at radius 1 is 1.25 bits per heavy atom. The average Bonchev–Trinajstić information content (AvgIpc) is 2.88. The number of ether oxygens (including phenoxy) is 3. The molecule has 138 valence electrons. The maximum absolute atomic E-state index is 12.0. The van der Waals surface area contributed by atoms with Crippen LogP contribution in [0.15, 0.2) is 6.20 Å². The van der Waals surface area contributed by atoms with E-state index in [0.29, 0.717) is 32.4 Å². The van der Waals surface area contributed by atoms with E-state index in [0.717, 1.165) is 6.04 Å². The lowest BCUT2D eigenvalue weighted by atomic mass is 10.1. The van der Waals surface area contributed by atoms with Crippen LogP contribution in [0.3, 0.4) is 0 Å². The van der Waals surface area contributed by atoms with Crippen molar-refractivity contribution in [1.29, 1.82) is 0 Å². The lowest BCUT2D eigenvalue weighted by Crippen LogP contribution is -2.27. The predicted molar refractivity (Wildman–Crippen MR) is 96.9 cm³/mol. The van der Waals surface area contributed by atoms with Crippen LogP contribution in [0.2, 0.25) is 25.7 Å². The largest absolute Gasteiger partial charge is 0.461 e. The van der Waals surface area contributed by atoms with Crippen molar-refractivity contribution in [2.24, 2.45) is 0 Å². The van der Waals surface area contributed by atoms with Crippen molar-refractivity contribution < 1.29 is 19.0 Å². The molecule has 1 heterocycles. The second-order valence-corrected chi connectivity index (χ2v) is 13.1. The van der Waals surface area contributed by atoms with Crippen molar-refractivity contribution in [3.63, 3.8) is 0 Å². The Morgan fingerprint density at radius 3 is 2.46 bits per heavy atom. The summed E-state index contributed by atoms with van der Waals surface area (Å²) < 4.78 is 18.5. The van der Waals surface area contributed by atoms with Crippen molar-refractivity contribution in [3.05, 3.63) is 17.7 Å². The molecule has 0 aliphatic heterocycles. The zero-order valence-corrected chi connectivity index (χ0v) is 17.1.